The van der Waals surface area contributed by atoms with Gasteiger partial charge in [0.05, 0.1) is 19.0 Å². The fourth-order valence-electron chi connectivity index (χ4n) is 2.40. The Labute approximate surface area is 137 Å². The molecular weight excluding hydrogens is 290 g/mol. The summed E-state index contributed by atoms with van der Waals surface area (Å²) in [6.07, 6.45) is 3.72. The average Bonchev–Trinajstić information content (AvgIpc) is 2.55. The number of aromatic nitrogens is 3. The lowest BCUT2D eigenvalue weighted by atomic mass is 10.2. The quantitative estimate of drug-likeness (QED) is 0.803. The standard InChI is InChI=1S/C17H25N5O/c1-5-9-22(10-6-2)17-20-16(12-18-21-17)19-14-11-13(3)7-8-15(14)23-4/h7-8,11-12H,5-6,9-10H2,1-4H3,(H,19,20,21). The summed E-state index contributed by atoms with van der Waals surface area (Å²) in [6, 6.07) is 5.97. The molecule has 0 aliphatic carbocycles. The van der Waals surface area contributed by atoms with Crippen molar-refractivity contribution in [3.05, 3.63) is 30.0 Å². The van der Waals surface area contributed by atoms with Crippen molar-refractivity contribution in [1.82, 2.24) is 15.2 Å². The number of nitrogens with one attached hydrogen (secondary N) is 1. The molecule has 0 spiro atoms. The molecule has 6 nitrogen and oxygen atoms in total. The first-order valence-electron chi connectivity index (χ1n) is 8.04. The van der Waals surface area contributed by atoms with E-state index in [4.69, 9.17) is 4.74 Å². The minimum absolute atomic E-state index is 0.658. The van der Waals surface area contributed by atoms with Gasteiger partial charge < -0.3 is 15.0 Å². The van der Waals surface area contributed by atoms with Crippen LogP contribution in [0, 0.1) is 6.92 Å². The Morgan fingerprint density at radius 1 is 1.17 bits per heavy atom. The van der Waals surface area contributed by atoms with Crippen molar-refractivity contribution in [3.63, 3.8) is 0 Å². The fraction of sp³-hybridized carbons (Fsp3) is 0.471. The molecule has 23 heavy (non-hydrogen) atoms. The van der Waals surface area contributed by atoms with Crippen LogP contribution >= 0.6 is 0 Å². The van der Waals surface area contributed by atoms with E-state index in [0.29, 0.717) is 11.8 Å². The number of benzene rings is 1. The SMILES string of the molecule is CCCN(CCC)c1nncc(Nc2cc(C)ccc2OC)n1. The van der Waals surface area contributed by atoms with Crippen LogP contribution in [0.15, 0.2) is 24.4 Å². The Kier molecular flexibility index (Phi) is 6.14. The van der Waals surface area contributed by atoms with Gasteiger partial charge in [0.1, 0.15) is 5.75 Å². The first-order valence-corrected chi connectivity index (χ1v) is 8.04. The van der Waals surface area contributed by atoms with Gasteiger partial charge in [0.25, 0.3) is 0 Å². The van der Waals surface area contributed by atoms with Crippen molar-refractivity contribution in [1.29, 1.82) is 0 Å². The minimum Gasteiger partial charge on any atom is -0.495 e. The maximum absolute atomic E-state index is 5.39. The summed E-state index contributed by atoms with van der Waals surface area (Å²) in [5, 5.41) is 11.5. The van der Waals surface area contributed by atoms with Gasteiger partial charge in [-0.1, -0.05) is 19.9 Å². The van der Waals surface area contributed by atoms with E-state index >= 15 is 0 Å². The molecule has 0 bridgehead atoms. The molecule has 0 aliphatic heterocycles. The molecular formula is C17H25N5O. The van der Waals surface area contributed by atoms with Gasteiger partial charge in [0.15, 0.2) is 5.82 Å². The number of rotatable bonds is 8. The van der Waals surface area contributed by atoms with Gasteiger partial charge in [0.2, 0.25) is 5.95 Å². The second-order valence-electron chi connectivity index (χ2n) is 5.46. The molecule has 124 valence electrons. The van der Waals surface area contributed by atoms with Gasteiger partial charge in [-0.15, -0.1) is 5.10 Å². The molecule has 0 aliphatic rings. The van der Waals surface area contributed by atoms with Crippen LogP contribution in [0.5, 0.6) is 5.75 Å². The second kappa shape index (κ2) is 8.31. The van der Waals surface area contributed by atoms with Crippen molar-refractivity contribution in [2.75, 3.05) is 30.4 Å². The summed E-state index contributed by atoms with van der Waals surface area (Å²) < 4.78 is 5.39. The average molecular weight is 315 g/mol. The lowest BCUT2D eigenvalue weighted by Gasteiger charge is -2.21. The first-order chi connectivity index (χ1) is 11.2. The molecule has 1 aromatic heterocycles. The Balaban J connectivity index is 2.24. The molecule has 1 N–H and O–H groups in total. The van der Waals surface area contributed by atoms with Gasteiger partial charge in [-0.2, -0.15) is 10.1 Å². The second-order valence-corrected chi connectivity index (χ2v) is 5.46. The van der Waals surface area contributed by atoms with E-state index in [1.54, 1.807) is 13.3 Å². The number of hydrogen-bond acceptors (Lipinski definition) is 6. The summed E-state index contributed by atoms with van der Waals surface area (Å²) in [4.78, 5) is 6.75. The van der Waals surface area contributed by atoms with Crippen LogP contribution in [0.1, 0.15) is 32.3 Å². The van der Waals surface area contributed by atoms with Crippen LogP contribution in [-0.2, 0) is 0 Å². The number of aryl methyl sites for hydroxylation is 1. The van der Waals surface area contributed by atoms with Crippen molar-refractivity contribution in [2.24, 2.45) is 0 Å². The molecule has 0 fully saturated rings. The monoisotopic (exact) mass is 315 g/mol. The number of ether oxygens (including phenoxy) is 1. The molecule has 0 radical (unpaired) electrons. The molecule has 6 heteroatoms. The third-order valence-corrected chi connectivity index (χ3v) is 3.44. The zero-order valence-corrected chi connectivity index (χ0v) is 14.3. The van der Waals surface area contributed by atoms with Gasteiger partial charge in [-0.05, 0) is 37.5 Å². The topological polar surface area (TPSA) is 63.2 Å². The van der Waals surface area contributed by atoms with E-state index in [1.807, 2.05) is 25.1 Å². The third kappa shape index (κ3) is 4.55. The van der Waals surface area contributed by atoms with Gasteiger partial charge in [-0.3, -0.25) is 0 Å². The Morgan fingerprint density at radius 2 is 1.91 bits per heavy atom. The van der Waals surface area contributed by atoms with Crippen LogP contribution in [-0.4, -0.2) is 35.4 Å². The van der Waals surface area contributed by atoms with E-state index < -0.39 is 0 Å². The van der Waals surface area contributed by atoms with E-state index in [1.165, 1.54) is 0 Å². The molecule has 0 unspecified atom stereocenters. The van der Waals surface area contributed by atoms with Crippen molar-refractivity contribution in [2.45, 2.75) is 33.6 Å². The lowest BCUT2D eigenvalue weighted by molar-refractivity contribution is 0.416. The van der Waals surface area contributed by atoms with Gasteiger partial charge in [0, 0.05) is 13.1 Å². The summed E-state index contributed by atoms with van der Waals surface area (Å²) in [7, 11) is 1.66. The van der Waals surface area contributed by atoms with Crippen LogP contribution in [0.4, 0.5) is 17.5 Å². The predicted octanol–water partition coefficient (Wildman–Crippen LogP) is 3.56. The Bertz CT molecular complexity index is 626. The number of hydrogen-bond donors (Lipinski definition) is 1. The molecule has 2 rings (SSSR count). The highest BCUT2D eigenvalue weighted by Crippen LogP contribution is 2.28. The third-order valence-electron chi connectivity index (χ3n) is 3.44. The van der Waals surface area contributed by atoms with Crippen LogP contribution in [0.2, 0.25) is 0 Å². The van der Waals surface area contributed by atoms with E-state index in [2.05, 4.69) is 39.2 Å². The molecule has 0 saturated carbocycles. The Hall–Kier alpha value is -2.37. The summed E-state index contributed by atoms with van der Waals surface area (Å²) in [5.74, 6) is 2.09. The highest BCUT2D eigenvalue weighted by molar-refractivity contribution is 5.65. The Morgan fingerprint density at radius 3 is 2.57 bits per heavy atom. The summed E-state index contributed by atoms with van der Waals surface area (Å²) in [6.45, 7) is 8.18. The number of methoxy groups -OCH3 is 1. The molecule has 1 aromatic carbocycles. The first kappa shape index (κ1) is 17.0. The van der Waals surface area contributed by atoms with Crippen molar-refractivity contribution >= 4 is 17.5 Å². The van der Waals surface area contributed by atoms with Crippen LogP contribution in [0.3, 0.4) is 0 Å². The van der Waals surface area contributed by atoms with E-state index in [9.17, 15) is 0 Å². The summed E-state index contributed by atoms with van der Waals surface area (Å²) >= 11 is 0. The minimum atomic E-state index is 0.658. The molecule has 0 saturated heterocycles. The van der Waals surface area contributed by atoms with E-state index in [-0.39, 0.29) is 0 Å². The normalized spacial score (nSPS) is 10.4. The zero-order chi connectivity index (χ0) is 16.7. The molecule has 2 aromatic rings. The lowest BCUT2D eigenvalue weighted by Crippen LogP contribution is -2.27. The number of anilines is 3. The van der Waals surface area contributed by atoms with E-state index in [0.717, 1.165) is 42.9 Å². The smallest absolute Gasteiger partial charge is 0.247 e. The fourth-order valence-corrected chi connectivity index (χ4v) is 2.40. The maximum atomic E-state index is 5.39. The van der Waals surface area contributed by atoms with Gasteiger partial charge >= 0.3 is 0 Å². The largest absolute Gasteiger partial charge is 0.495 e. The van der Waals surface area contributed by atoms with Crippen LogP contribution in [0.25, 0.3) is 0 Å². The van der Waals surface area contributed by atoms with Crippen molar-refractivity contribution in [3.8, 4) is 5.75 Å². The van der Waals surface area contributed by atoms with Gasteiger partial charge in [-0.25, -0.2) is 0 Å². The molecule has 0 amide bonds. The number of nitrogens with zero attached hydrogens (tertiary/aromatic N) is 4. The zero-order valence-electron chi connectivity index (χ0n) is 14.3. The van der Waals surface area contributed by atoms with Crippen molar-refractivity contribution < 1.29 is 4.74 Å². The highest BCUT2D eigenvalue weighted by atomic mass is 16.5. The predicted molar refractivity (Wildman–Crippen MR) is 93.6 cm³/mol. The molecule has 0 atom stereocenters. The van der Waals surface area contributed by atoms with Crippen LogP contribution < -0.4 is 15.0 Å². The maximum Gasteiger partial charge on any atom is 0.247 e. The highest BCUT2D eigenvalue weighted by Gasteiger charge is 2.11. The summed E-state index contributed by atoms with van der Waals surface area (Å²) in [5.41, 5.74) is 2.02. The molecule has 1 heterocycles.